The Balaban J connectivity index is 3.00. The van der Waals surface area contributed by atoms with E-state index >= 15 is 0 Å². The van der Waals surface area contributed by atoms with Crippen molar-refractivity contribution in [1.82, 2.24) is 0 Å². The molecule has 0 bridgehead atoms. The van der Waals surface area contributed by atoms with Gasteiger partial charge in [-0.15, -0.1) is 0 Å². The van der Waals surface area contributed by atoms with Crippen LogP contribution in [0.4, 0.5) is 0 Å². The van der Waals surface area contributed by atoms with E-state index < -0.39 is 0 Å². The van der Waals surface area contributed by atoms with Gasteiger partial charge >= 0.3 is 5.97 Å². The van der Waals surface area contributed by atoms with E-state index in [0.717, 1.165) is 10.0 Å². The summed E-state index contributed by atoms with van der Waals surface area (Å²) in [6.45, 7) is 6.45. The Labute approximate surface area is 125 Å². The van der Waals surface area contributed by atoms with Crippen LogP contribution < -0.4 is 0 Å². The van der Waals surface area contributed by atoms with E-state index in [1.54, 1.807) is 6.92 Å². The molecule has 1 aromatic rings. The number of hydrogen-bond donors (Lipinski definition) is 0. The third-order valence-corrected chi connectivity index (χ3v) is 3.76. The van der Waals surface area contributed by atoms with E-state index in [1.807, 2.05) is 6.07 Å². The Morgan fingerprint density at radius 1 is 1.44 bits per heavy atom. The fourth-order valence-corrected chi connectivity index (χ4v) is 2.86. The maximum atomic E-state index is 11.4. The number of ether oxygens (including phenoxy) is 1. The van der Waals surface area contributed by atoms with Crippen molar-refractivity contribution in [3.8, 4) is 0 Å². The van der Waals surface area contributed by atoms with Crippen LogP contribution in [0.15, 0.2) is 28.7 Å². The molecule has 0 aliphatic carbocycles. The van der Waals surface area contributed by atoms with Crippen LogP contribution in [0.25, 0.3) is 4.48 Å². The van der Waals surface area contributed by atoms with Gasteiger partial charge in [-0.3, -0.25) is 0 Å². The molecule has 98 valence electrons. The fourth-order valence-electron chi connectivity index (χ4n) is 1.45. The van der Waals surface area contributed by atoms with Crippen LogP contribution in [-0.4, -0.2) is 12.6 Å². The molecule has 0 unspecified atom stereocenters. The molecule has 18 heavy (non-hydrogen) atoms. The first-order valence-corrected chi connectivity index (χ1v) is 7.38. The van der Waals surface area contributed by atoms with Crippen LogP contribution in [-0.2, 0) is 9.53 Å². The van der Waals surface area contributed by atoms with E-state index in [0.29, 0.717) is 17.0 Å². The second kappa shape index (κ2) is 7.10. The smallest absolute Gasteiger partial charge is 0.331 e. The van der Waals surface area contributed by atoms with Gasteiger partial charge in [-0.05, 0) is 40.4 Å². The molecule has 0 aliphatic rings. The highest BCUT2D eigenvalue weighted by Crippen LogP contribution is 2.31. The van der Waals surface area contributed by atoms with Crippen molar-refractivity contribution in [1.29, 1.82) is 0 Å². The third kappa shape index (κ3) is 4.25. The maximum Gasteiger partial charge on any atom is 0.331 e. The predicted octanol–water partition coefficient (Wildman–Crippen LogP) is 4.87. The number of hydrogen-bond acceptors (Lipinski definition) is 2. The molecule has 0 saturated carbocycles. The SMILES string of the molecule is CCOC(=O)/C=C(\Br)c1ccc(C(C)C)cc1Br. The van der Waals surface area contributed by atoms with Crippen LogP contribution in [0.1, 0.15) is 37.8 Å². The fraction of sp³-hybridized carbons (Fsp3) is 0.357. The monoisotopic (exact) mass is 374 g/mol. The van der Waals surface area contributed by atoms with Gasteiger partial charge in [0.15, 0.2) is 0 Å². The molecule has 4 heteroatoms. The molecular formula is C14H16Br2O2. The lowest BCUT2D eigenvalue weighted by atomic mass is 10.0. The van der Waals surface area contributed by atoms with Crippen LogP contribution in [0, 0.1) is 0 Å². The molecule has 0 amide bonds. The highest BCUT2D eigenvalue weighted by Gasteiger charge is 2.08. The summed E-state index contributed by atoms with van der Waals surface area (Å²) in [5.41, 5.74) is 2.19. The van der Waals surface area contributed by atoms with Gasteiger partial charge in [0.1, 0.15) is 0 Å². The van der Waals surface area contributed by atoms with E-state index in [9.17, 15) is 4.79 Å². The lowest BCUT2D eigenvalue weighted by Crippen LogP contribution is -2.00. The minimum absolute atomic E-state index is 0.343. The molecule has 0 aromatic heterocycles. The minimum Gasteiger partial charge on any atom is -0.463 e. The summed E-state index contributed by atoms with van der Waals surface area (Å²) in [5.74, 6) is 0.132. The van der Waals surface area contributed by atoms with Gasteiger partial charge in [0.05, 0.1) is 6.61 Å². The molecular weight excluding hydrogens is 360 g/mol. The summed E-state index contributed by atoms with van der Waals surface area (Å²) < 4.78 is 6.55. The quantitative estimate of drug-likeness (QED) is 0.554. The molecule has 0 heterocycles. The number of esters is 1. The van der Waals surface area contributed by atoms with Crippen LogP contribution in [0.5, 0.6) is 0 Å². The lowest BCUT2D eigenvalue weighted by Gasteiger charge is -2.09. The zero-order valence-corrected chi connectivity index (χ0v) is 13.8. The number of benzene rings is 1. The molecule has 2 nitrogen and oxygen atoms in total. The zero-order chi connectivity index (χ0) is 13.7. The van der Waals surface area contributed by atoms with Crippen molar-refractivity contribution >= 4 is 42.3 Å². The first-order chi connectivity index (χ1) is 8.45. The molecule has 0 fully saturated rings. The number of rotatable bonds is 4. The molecule has 1 aromatic carbocycles. The summed E-state index contributed by atoms with van der Waals surface area (Å²) in [7, 11) is 0. The van der Waals surface area contributed by atoms with Gasteiger partial charge in [0.25, 0.3) is 0 Å². The Kier molecular flexibility index (Phi) is 6.09. The van der Waals surface area contributed by atoms with Crippen molar-refractivity contribution in [2.24, 2.45) is 0 Å². The van der Waals surface area contributed by atoms with E-state index in [1.165, 1.54) is 11.6 Å². The van der Waals surface area contributed by atoms with Crippen LogP contribution in [0.3, 0.4) is 0 Å². The first-order valence-electron chi connectivity index (χ1n) is 5.79. The largest absolute Gasteiger partial charge is 0.463 e. The van der Waals surface area contributed by atoms with Crippen LogP contribution >= 0.6 is 31.9 Å². The summed E-state index contributed by atoms with van der Waals surface area (Å²) in [6, 6.07) is 6.12. The Bertz CT molecular complexity index is 465. The highest BCUT2D eigenvalue weighted by molar-refractivity contribution is 9.15. The van der Waals surface area contributed by atoms with Crippen molar-refractivity contribution in [3.05, 3.63) is 39.9 Å². The van der Waals surface area contributed by atoms with Crippen LogP contribution in [0.2, 0.25) is 0 Å². The average molecular weight is 376 g/mol. The first kappa shape index (κ1) is 15.4. The molecule has 1 rings (SSSR count). The second-order valence-electron chi connectivity index (χ2n) is 4.14. The molecule has 0 aliphatic heterocycles. The molecule has 0 spiro atoms. The van der Waals surface area contributed by atoms with Gasteiger partial charge in [0.2, 0.25) is 0 Å². The van der Waals surface area contributed by atoms with Gasteiger partial charge < -0.3 is 4.74 Å². The standard InChI is InChI=1S/C14H16Br2O2/c1-4-18-14(17)8-13(16)11-6-5-10(9(2)3)7-12(11)15/h5-9H,4H2,1-3H3/b13-8-. The Hall–Kier alpha value is -0.610. The highest BCUT2D eigenvalue weighted by atomic mass is 79.9. The zero-order valence-electron chi connectivity index (χ0n) is 10.7. The third-order valence-electron chi connectivity index (χ3n) is 2.45. The maximum absolute atomic E-state index is 11.4. The summed E-state index contributed by atoms with van der Waals surface area (Å²) >= 11 is 6.92. The lowest BCUT2D eigenvalue weighted by molar-refractivity contribution is -0.137. The van der Waals surface area contributed by atoms with Crippen molar-refractivity contribution in [2.45, 2.75) is 26.7 Å². The molecule has 0 atom stereocenters. The van der Waals surface area contributed by atoms with Crippen molar-refractivity contribution in [2.75, 3.05) is 6.61 Å². The minimum atomic E-state index is -0.343. The predicted molar refractivity (Wildman–Crippen MR) is 81.8 cm³/mol. The molecule has 0 saturated heterocycles. The van der Waals surface area contributed by atoms with Gasteiger partial charge in [-0.1, -0.05) is 41.9 Å². The number of carbonyl (C=O) groups excluding carboxylic acids is 1. The van der Waals surface area contributed by atoms with Gasteiger partial charge in [0, 0.05) is 20.6 Å². The summed E-state index contributed by atoms with van der Waals surface area (Å²) in [5, 5.41) is 0. The topological polar surface area (TPSA) is 26.3 Å². The molecule has 0 N–H and O–H groups in total. The van der Waals surface area contributed by atoms with Gasteiger partial charge in [-0.2, -0.15) is 0 Å². The Morgan fingerprint density at radius 2 is 2.11 bits per heavy atom. The average Bonchev–Trinajstić information content (AvgIpc) is 2.28. The number of carbonyl (C=O) groups is 1. The van der Waals surface area contributed by atoms with E-state index in [2.05, 4.69) is 57.8 Å². The number of halogens is 2. The van der Waals surface area contributed by atoms with Crippen molar-refractivity contribution < 1.29 is 9.53 Å². The normalized spacial score (nSPS) is 11.8. The summed E-state index contributed by atoms with van der Waals surface area (Å²) in [6.07, 6.45) is 1.44. The van der Waals surface area contributed by atoms with Gasteiger partial charge in [-0.25, -0.2) is 4.79 Å². The second-order valence-corrected chi connectivity index (χ2v) is 5.85. The van der Waals surface area contributed by atoms with E-state index in [4.69, 9.17) is 4.74 Å². The van der Waals surface area contributed by atoms with E-state index in [-0.39, 0.29) is 5.97 Å². The van der Waals surface area contributed by atoms with Crippen molar-refractivity contribution in [3.63, 3.8) is 0 Å². The summed E-state index contributed by atoms with van der Waals surface area (Å²) in [4.78, 5) is 11.4. The Morgan fingerprint density at radius 3 is 2.61 bits per heavy atom. The molecule has 0 radical (unpaired) electrons.